The number of anilines is 1. The van der Waals surface area contributed by atoms with Gasteiger partial charge in [-0.05, 0) is 65.5 Å². The maximum Gasteiger partial charge on any atom is 0.238 e. The molecule has 1 unspecified atom stereocenters. The van der Waals surface area contributed by atoms with Gasteiger partial charge in [-0.25, -0.2) is 0 Å². The lowest BCUT2D eigenvalue weighted by atomic mass is 10.1. The molecule has 2 nitrogen and oxygen atoms in total. The second-order valence-electron chi connectivity index (χ2n) is 5.39. The Morgan fingerprint density at radius 2 is 1.90 bits per heavy atom. The van der Waals surface area contributed by atoms with Gasteiger partial charge in [0.05, 0.1) is 10.9 Å². The molecule has 21 heavy (non-hydrogen) atoms. The number of rotatable bonds is 2. The summed E-state index contributed by atoms with van der Waals surface area (Å²) in [6, 6.07) is 12.3. The molecule has 2 aromatic rings. The largest absolute Gasteiger partial charge is 0.324 e. The summed E-state index contributed by atoms with van der Waals surface area (Å²) < 4.78 is 0.923. The monoisotopic (exact) mass is 361 g/mol. The van der Waals surface area contributed by atoms with Crippen molar-refractivity contribution in [1.82, 2.24) is 0 Å². The fraction of sp³-hybridized carbons (Fsp3) is 0.235. The first-order chi connectivity index (χ1) is 10.0. The van der Waals surface area contributed by atoms with Crippen LogP contribution in [0.25, 0.3) is 0 Å². The summed E-state index contributed by atoms with van der Waals surface area (Å²) in [5.74, 6) is 0.0680. The van der Waals surface area contributed by atoms with Crippen molar-refractivity contribution in [2.24, 2.45) is 0 Å². The van der Waals surface area contributed by atoms with Crippen LogP contribution in [0.1, 0.15) is 16.7 Å². The summed E-state index contributed by atoms with van der Waals surface area (Å²) in [6.45, 7) is 4.11. The van der Waals surface area contributed by atoms with Crippen LogP contribution in [0.2, 0.25) is 0 Å². The van der Waals surface area contributed by atoms with E-state index < -0.39 is 0 Å². The molecule has 0 radical (unpaired) electrons. The molecule has 1 heterocycles. The SMILES string of the molecule is Cc1ccc(NC(=O)C2Cc3ccc(C)cc3S2)c(Br)c1. The molecule has 0 saturated carbocycles. The number of benzene rings is 2. The summed E-state index contributed by atoms with van der Waals surface area (Å²) in [4.78, 5) is 13.7. The van der Waals surface area contributed by atoms with Gasteiger partial charge in [0.1, 0.15) is 0 Å². The fourth-order valence-corrected chi connectivity index (χ4v) is 4.30. The summed E-state index contributed by atoms with van der Waals surface area (Å²) in [5, 5.41) is 2.98. The van der Waals surface area contributed by atoms with E-state index in [1.54, 1.807) is 11.8 Å². The Kier molecular flexibility index (Phi) is 4.09. The third kappa shape index (κ3) is 3.16. The minimum absolute atomic E-state index is 0.0463. The van der Waals surface area contributed by atoms with Gasteiger partial charge in [-0.1, -0.05) is 23.8 Å². The number of fused-ring (bicyclic) bond motifs is 1. The minimum Gasteiger partial charge on any atom is -0.324 e. The number of halogens is 1. The van der Waals surface area contributed by atoms with Crippen LogP contribution in [0, 0.1) is 13.8 Å². The Morgan fingerprint density at radius 3 is 2.67 bits per heavy atom. The van der Waals surface area contributed by atoms with Crippen LogP contribution in [0.4, 0.5) is 5.69 Å². The molecule has 0 saturated heterocycles. The lowest BCUT2D eigenvalue weighted by Crippen LogP contribution is -2.24. The number of hydrogen-bond donors (Lipinski definition) is 1. The Labute approximate surface area is 137 Å². The molecule has 1 N–H and O–H groups in total. The van der Waals surface area contributed by atoms with E-state index in [1.807, 2.05) is 25.1 Å². The maximum atomic E-state index is 12.5. The van der Waals surface area contributed by atoms with Crippen molar-refractivity contribution < 1.29 is 4.79 Å². The Balaban J connectivity index is 1.73. The second kappa shape index (κ2) is 5.85. The highest BCUT2D eigenvalue weighted by Gasteiger charge is 2.28. The van der Waals surface area contributed by atoms with Gasteiger partial charge in [0.25, 0.3) is 0 Å². The topological polar surface area (TPSA) is 29.1 Å². The van der Waals surface area contributed by atoms with E-state index in [1.165, 1.54) is 16.0 Å². The molecule has 0 bridgehead atoms. The van der Waals surface area contributed by atoms with Gasteiger partial charge >= 0.3 is 0 Å². The fourth-order valence-electron chi connectivity index (χ4n) is 2.42. The zero-order valence-electron chi connectivity index (χ0n) is 11.9. The van der Waals surface area contributed by atoms with Crippen LogP contribution in [-0.4, -0.2) is 11.2 Å². The number of aryl methyl sites for hydroxylation is 2. The molecule has 108 valence electrons. The van der Waals surface area contributed by atoms with E-state index in [0.29, 0.717) is 0 Å². The van der Waals surface area contributed by atoms with Crippen LogP contribution >= 0.6 is 27.7 Å². The Hall–Kier alpha value is -1.26. The highest BCUT2D eigenvalue weighted by Crippen LogP contribution is 2.38. The third-order valence-corrected chi connectivity index (χ3v) is 5.53. The van der Waals surface area contributed by atoms with Crippen molar-refractivity contribution in [2.75, 3.05) is 5.32 Å². The van der Waals surface area contributed by atoms with E-state index in [0.717, 1.165) is 22.1 Å². The summed E-state index contributed by atoms with van der Waals surface area (Å²) >= 11 is 5.16. The number of thioether (sulfide) groups is 1. The van der Waals surface area contributed by atoms with Crippen molar-refractivity contribution in [3.8, 4) is 0 Å². The molecule has 0 aliphatic carbocycles. The van der Waals surface area contributed by atoms with Gasteiger partial charge in [-0.3, -0.25) is 4.79 Å². The summed E-state index contributed by atoms with van der Waals surface area (Å²) in [7, 11) is 0. The van der Waals surface area contributed by atoms with Crippen molar-refractivity contribution in [3.05, 3.63) is 57.6 Å². The molecule has 3 rings (SSSR count). The summed E-state index contributed by atoms with van der Waals surface area (Å²) in [6.07, 6.45) is 0.801. The Morgan fingerprint density at radius 1 is 1.19 bits per heavy atom. The molecule has 0 fully saturated rings. The average Bonchev–Trinajstić information content (AvgIpc) is 2.85. The van der Waals surface area contributed by atoms with E-state index in [2.05, 4.69) is 46.4 Å². The number of hydrogen-bond acceptors (Lipinski definition) is 2. The molecule has 0 spiro atoms. The molecule has 1 atom stereocenters. The third-order valence-electron chi connectivity index (χ3n) is 3.57. The quantitative estimate of drug-likeness (QED) is 0.838. The number of nitrogens with one attached hydrogen (secondary N) is 1. The first kappa shape index (κ1) is 14.7. The highest BCUT2D eigenvalue weighted by atomic mass is 79.9. The molecule has 2 aromatic carbocycles. The normalized spacial score (nSPS) is 16.6. The Bertz CT molecular complexity index is 714. The first-order valence-corrected chi connectivity index (χ1v) is 8.53. The second-order valence-corrected chi connectivity index (χ2v) is 7.49. The smallest absolute Gasteiger partial charge is 0.238 e. The van der Waals surface area contributed by atoms with Gasteiger partial charge in [0, 0.05) is 9.37 Å². The van der Waals surface area contributed by atoms with Crippen molar-refractivity contribution >= 4 is 39.3 Å². The van der Waals surface area contributed by atoms with Crippen LogP contribution in [-0.2, 0) is 11.2 Å². The molecule has 1 aliphatic rings. The van der Waals surface area contributed by atoms with E-state index in [4.69, 9.17) is 0 Å². The van der Waals surface area contributed by atoms with Crippen LogP contribution in [0.15, 0.2) is 45.8 Å². The predicted molar refractivity (Wildman–Crippen MR) is 92.0 cm³/mol. The van der Waals surface area contributed by atoms with Crippen LogP contribution in [0.3, 0.4) is 0 Å². The predicted octanol–water partition coefficient (Wildman–Crippen LogP) is 4.72. The first-order valence-electron chi connectivity index (χ1n) is 6.86. The van der Waals surface area contributed by atoms with Crippen LogP contribution < -0.4 is 5.32 Å². The van der Waals surface area contributed by atoms with E-state index in [-0.39, 0.29) is 11.2 Å². The minimum atomic E-state index is -0.0463. The average molecular weight is 362 g/mol. The molecule has 0 aromatic heterocycles. The van der Waals surface area contributed by atoms with Crippen molar-refractivity contribution in [1.29, 1.82) is 0 Å². The van der Waals surface area contributed by atoms with Crippen molar-refractivity contribution in [2.45, 2.75) is 30.4 Å². The molecule has 1 aliphatic heterocycles. The summed E-state index contributed by atoms with van der Waals surface area (Å²) in [5.41, 5.74) is 4.51. The molecule has 4 heteroatoms. The van der Waals surface area contributed by atoms with Crippen LogP contribution in [0.5, 0.6) is 0 Å². The lowest BCUT2D eigenvalue weighted by Gasteiger charge is -2.11. The van der Waals surface area contributed by atoms with Gasteiger partial charge in [0.2, 0.25) is 5.91 Å². The van der Waals surface area contributed by atoms with Gasteiger partial charge < -0.3 is 5.32 Å². The standard InChI is InChI=1S/C17H16BrNOS/c1-10-4-6-14(13(18)7-10)19-17(20)16-9-12-5-3-11(2)8-15(12)21-16/h3-8,16H,9H2,1-2H3,(H,19,20). The number of amides is 1. The highest BCUT2D eigenvalue weighted by molar-refractivity contribution is 9.10. The van der Waals surface area contributed by atoms with E-state index in [9.17, 15) is 4.79 Å². The van der Waals surface area contributed by atoms with Gasteiger partial charge in [0.15, 0.2) is 0 Å². The van der Waals surface area contributed by atoms with Gasteiger partial charge in [-0.2, -0.15) is 0 Å². The number of carbonyl (C=O) groups is 1. The molecule has 1 amide bonds. The van der Waals surface area contributed by atoms with E-state index >= 15 is 0 Å². The van der Waals surface area contributed by atoms with Crippen molar-refractivity contribution in [3.63, 3.8) is 0 Å². The van der Waals surface area contributed by atoms with Gasteiger partial charge in [-0.15, -0.1) is 11.8 Å². The zero-order chi connectivity index (χ0) is 15.0. The molecular formula is C17H16BrNOS. The zero-order valence-corrected chi connectivity index (χ0v) is 14.3. The lowest BCUT2D eigenvalue weighted by molar-refractivity contribution is -0.115. The number of carbonyl (C=O) groups excluding carboxylic acids is 1. The maximum absolute atomic E-state index is 12.5. The molecular weight excluding hydrogens is 346 g/mol.